The van der Waals surface area contributed by atoms with Crippen molar-refractivity contribution in [2.75, 3.05) is 20.2 Å². The minimum absolute atomic E-state index is 0.182. The molecule has 2 nitrogen and oxygen atoms in total. The van der Waals surface area contributed by atoms with Crippen LogP contribution in [0.1, 0.15) is 57.1 Å². The number of unbranched alkanes of at least 4 members (excludes halogenated alkanes) is 5. The van der Waals surface area contributed by atoms with Crippen LogP contribution in [0.15, 0.2) is 30.3 Å². The fraction of sp³-hybridized carbons (Fsp3) is 0.647. The number of ether oxygens (including phenoxy) is 1. The number of hydrogen-bond acceptors (Lipinski definition) is 2. The number of benzene rings is 1. The molecule has 0 radical (unpaired) electrons. The molecule has 19 heavy (non-hydrogen) atoms. The first kappa shape index (κ1) is 16.2. The van der Waals surface area contributed by atoms with Gasteiger partial charge in [0, 0.05) is 13.2 Å². The van der Waals surface area contributed by atoms with Crippen molar-refractivity contribution in [1.29, 1.82) is 0 Å². The molecule has 0 aromatic heterocycles. The number of nitrogens with one attached hydrogen (secondary N) is 1. The van der Waals surface area contributed by atoms with Gasteiger partial charge in [-0.2, -0.15) is 0 Å². The second-order valence-electron chi connectivity index (χ2n) is 5.10. The van der Waals surface area contributed by atoms with Crippen LogP contribution in [-0.2, 0) is 4.74 Å². The SMILES string of the molecule is CCCCCCCCOC(CNC)c1ccccc1. The molecule has 1 aromatic rings. The van der Waals surface area contributed by atoms with Crippen LogP contribution < -0.4 is 5.32 Å². The van der Waals surface area contributed by atoms with Crippen LogP contribution in [0.25, 0.3) is 0 Å². The lowest BCUT2D eigenvalue weighted by atomic mass is 10.1. The van der Waals surface area contributed by atoms with E-state index in [9.17, 15) is 0 Å². The topological polar surface area (TPSA) is 21.3 Å². The molecule has 1 rings (SSSR count). The van der Waals surface area contributed by atoms with Crippen LogP contribution in [0.3, 0.4) is 0 Å². The minimum atomic E-state index is 0.182. The van der Waals surface area contributed by atoms with Crippen molar-refractivity contribution in [3.63, 3.8) is 0 Å². The van der Waals surface area contributed by atoms with Crippen LogP contribution in [0.5, 0.6) is 0 Å². The molecule has 2 heteroatoms. The number of hydrogen-bond donors (Lipinski definition) is 1. The fourth-order valence-corrected chi connectivity index (χ4v) is 2.23. The largest absolute Gasteiger partial charge is 0.372 e. The Morgan fingerprint density at radius 1 is 1.00 bits per heavy atom. The van der Waals surface area contributed by atoms with Gasteiger partial charge in [-0.05, 0) is 19.0 Å². The Labute approximate surface area is 118 Å². The Morgan fingerprint density at radius 3 is 2.37 bits per heavy atom. The molecule has 1 atom stereocenters. The highest BCUT2D eigenvalue weighted by Crippen LogP contribution is 2.17. The van der Waals surface area contributed by atoms with Gasteiger partial charge >= 0.3 is 0 Å². The molecule has 0 fully saturated rings. The average molecular weight is 263 g/mol. The summed E-state index contributed by atoms with van der Waals surface area (Å²) in [5.74, 6) is 0. The van der Waals surface area contributed by atoms with Crippen molar-refractivity contribution in [3.8, 4) is 0 Å². The summed E-state index contributed by atoms with van der Waals surface area (Å²) in [5.41, 5.74) is 1.27. The maximum absolute atomic E-state index is 6.01. The number of rotatable bonds is 11. The Hall–Kier alpha value is -0.860. The normalized spacial score (nSPS) is 12.5. The average Bonchev–Trinajstić information content (AvgIpc) is 2.46. The van der Waals surface area contributed by atoms with E-state index < -0.39 is 0 Å². The van der Waals surface area contributed by atoms with E-state index in [1.54, 1.807) is 0 Å². The Bertz CT molecular complexity index is 299. The first-order valence-electron chi connectivity index (χ1n) is 7.69. The number of likely N-dealkylation sites (N-methyl/N-ethyl adjacent to an activating group) is 1. The van der Waals surface area contributed by atoms with Gasteiger partial charge in [0.2, 0.25) is 0 Å². The lowest BCUT2D eigenvalue weighted by Crippen LogP contribution is -2.20. The van der Waals surface area contributed by atoms with Crippen LogP contribution in [-0.4, -0.2) is 20.2 Å². The third-order valence-corrected chi connectivity index (χ3v) is 3.38. The molecule has 0 saturated heterocycles. The monoisotopic (exact) mass is 263 g/mol. The van der Waals surface area contributed by atoms with Crippen molar-refractivity contribution < 1.29 is 4.74 Å². The summed E-state index contributed by atoms with van der Waals surface area (Å²) in [6, 6.07) is 10.5. The summed E-state index contributed by atoms with van der Waals surface area (Å²) >= 11 is 0. The molecule has 0 amide bonds. The molecule has 0 aliphatic heterocycles. The summed E-state index contributed by atoms with van der Waals surface area (Å²) in [4.78, 5) is 0. The van der Waals surface area contributed by atoms with E-state index in [0.29, 0.717) is 0 Å². The summed E-state index contributed by atoms with van der Waals surface area (Å²) < 4.78 is 6.01. The van der Waals surface area contributed by atoms with E-state index in [-0.39, 0.29) is 6.10 Å². The van der Waals surface area contributed by atoms with Crippen LogP contribution in [0.4, 0.5) is 0 Å². The van der Waals surface area contributed by atoms with Crippen LogP contribution in [0.2, 0.25) is 0 Å². The van der Waals surface area contributed by atoms with E-state index >= 15 is 0 Å². The van der Waals surface area contributed by atoms with Crippen molar-refractivity contribution in [3.05, 3.63) is 35.9 Å². The molecule has 108 valence electrons. The molecular weight excluding hydrogens is 234 g/mol. The first-order valence-corrected chi connectivity index (χ1v) is 7.69. The van der Waals surface area contributed by atoms with Gasteiger partial charge < -0.3 is 10.1 Å². The summed E-state index contributed by atoms with van der Waals surface area (Å²) in [7, 11) is 1.98. The maximum Gasteiger partial charge on any atom is 0.0949 e. The second kappa shape index (κ2) is 11.0. The summed E-state index contributed by atoms with van der Waals surface area (Å²) in [5, 5.41) is 3.21. The highest BCUT2D eigenvalue weighted by molar-refractivity contribution is 5.17. The highest BCUT2D eigenvalue weighted by atomic mass is 16.5. The van der Waals surface area contributed by atoms with Gasteiger partial charge in [-0.15, -0.1) is 0 Å². The predicted molar refractivity (Wildman–Crippen MR) is 82.4 cm³/mol. The Balaban J connectivity index is 2.20. The van der Waals surface area contributed by atoms with Gasteiger partial charge in [-0.3, -0.25) is 0 Å². The molecule has 1 N–H and O–H groups in total. The minimum Gasteiger partial charge on any atom is -0.372 e. The maximum atomic E-state index is 6.01. The molecule has 0 aliphatic carbocycles. The lowest BCUT2D eigenvalue weighted by molar-refractivity contribution is 0.0511. The molecule has 0 aliphatic rings. The Morgan fingerprint density at radius 2 is 1.68 bits per heavy atom. The molecule has 1 unspecified atom stereocenters. The third-order valence-electron chi connectivity index (χ3n) is 3.38. The van der Waals surface area contributed by atoms with Crippen LogP contribution >= 0.6 is 0 Å². The first-order chi connectivity index (χ1) is 9.38. The van der Waals surface area contributed by atoms with E-state index in [1.165, 1.54) is 44.1 Å². The molecule has 0 bridgehead atoms. The van der Waals surface area contributed by atoms with E-state index in [1.807, 2.05) is 13.1 Å². The predicted octanol–water partition coefficient (Wildman–Crippen LogP) is 4.32. The van der Waals surface area contributed by atoms with E-state index in [4.69, 9.17) is 4.74 Å². The molecule has 0 spiro atoms. The van der Waals surface area contributed by atoms with Gasteiger partial charge in [-0.25, -0.2) is 0 Å². The zero-order valence-corrected chi connectivity index (χ0v) is 12.5. The van der Waals surface area contributed by atoms with Crippen molar-refractivity contribution >= 4 is 0 Å². The summed E-state index contributed by atoms with van der Waals surface area (Å²) in [6.07, 6.45) is 8.05. The van der Waals surface area contributed by atoms with Crippen LogP contribution in [0, 0.1) is 0 Å². The molecule has 1 aromatic carbocycles. The van der Waals surface area contributed by atoms with Gasteiger partial charge in [0.25, 0.3) is 0 Å². The van der Waals surface area contributed by atoms with Crippen molar-refractivity contribution in [1.82, 2.24) is 5.32 Å². The standard InChI is InChI=1S/C17H29NO/c1-3-4-5-6-7-11-14-19-17(15-18-2)16-12-9-8-10-13-16/h8-10,12-13,17-18H,3-7,11,14-15H2,1-2H3. The quantitative estimate of drug-likeness (QED) is 0.600. The smallest absolute Gasteiger partial charge is 0.0949 e. The summed E-state index contributed by atoms with van der Waals surface area (Å²) in [6.45, 7) is 4.00. The lowest BCUT2D eigenvalue weighted by Gasteiger charge is -2.18. The molecular formula is C17H29NO. The van der Waals surface area contributed by atoms with Gasteiger partial charge in [0.1, 0.15) is 0 Å². The van der Waals surface area contributed by atoms with Gasteiger partial charge in [0.05, 0.1) is 6.10 Å². The Kier molecular flexibility index (Phi) is 9.38. The van der Waals surface area contributed by atoms with Gasteiger partial charge in [-0.1, -0.05) is 69.4 Å². The van der Waals surface area contributed by atoms with Gasteiger partial charge in [0.15, 0.2) is 0 Å². The zero-order chi connectivity index (χ0) is 13.8. The van der Waals surface area contributed by atoms with Crippen molar-refractivity contribution in [2.24, 2.45) is 0 Å². The van der Waals surface area contributed by atoms with E-state index in [2.05, 4.69) is 36.5 Å². The molecule has 0 saturated carbocycles. The third kappa shape index (κ3) is 7.34. The van der Waals surface area contributed by atoms with E-state index in [0.717, 1.165) is 13.2 Å². The fourth-order valence-electron chi connectivity index (χ4n) is 2.23. The molecule has 0 heterocycles. The van der Waals surface area contributed by atoms with Crippen molar-refractivity contribution in [2.45, 2.75) is 51.6 Å². The highest BCUT2D eigenvalue weighted by Gasteiger charge is 2.09. The zero-order valence-electron chi connectivity index (χ0n) is 12.5. The second-order valence-corrected chi connectivity index (χ2v) is 5.10.